The zero-order valence-corrected chi connectivity index (χ0v) is 43.1. The van der Waals surface area contributed by atoms with E-state index in [0.29, 0.717) is 23.5 Å². The van der Waals surface area contributed by atoms with Crippen LogP contribution in [0.25, 0.3) is 55.7 Å². The number of aromatic nitrogens is 8. The third-order valence-electron chi connectivity index (χ3n) is 14.1. The molecular weight excluding hydrogens is 1020 g/mol. The zero-order chi connectivity index (χ0) is 54.6. The molecule has 2 aliphatic heterocycles. The number of benzene rings is 4. The van der Waals surface area contributed by atoms with Crippen molar-refractivity contribution >= 4 is 33.6 Å². The zero-order valence-electron chi connectivity index (χ0n) is 43.1. The predicted octanol–water partition coefficient (Wildman–Crippen LogP) is 11.7. The second-order valence-electron chi connectivity index (χ2n) is 19.1. The molecule has 2 aliphatic rings. The highest BCUT2D eigenvalue weighted by molar-refractivity contribution is 6.02. The molecule has 2 fully saturated rings. The molecule has 0 spiro atoms. The monoisotopic (exact) mass is 1080 g/mol. The van der Waals surface area contributed by atoms with Gasteiger partial charge >= 0.3 is 12.4 Å². The number of ketones is 2. The van der Waals surface area contributed by atoms with Crippen molar-refractivity contribution in [1.29, 1.82) is 0 Å². The summed E-state index contributed by atoms with van der Waals surface area (Å²) >= 11 is 0. The summed E-state index contributed by atoms with van der Waals surface area (Å²) in [6.07, 6.45) is 2.73. The van der Waals surface area contributed by atoms with Crippen LogP contribution in [0.1, 0.15) is 91.6 Å². The average molecular weight is 1090 g/mol. The van der Waals surface area contributed by atoms with E-state index in [0.717, 1.165) is 96.2 Å². The number of carbonyl (C=O) groups excluding carboxylic acids is 2. The maximum Gasteiger partial charge on any atom is 0.389 e. The summed E-state index contributed by atoms with van der Waals surface area (Å²) in [5, 5.41) is 12.6. The van der Waals surface area contributed by atoms with Gasteiger partial charge in [-0.3, -0.25) is 28.1 Å². The van der Waals surface area contributed by atoms with E-state index < -0.39 is 49.6 Å². The smallest absolute Gasteiger partial charge is 0.389 e. The molecule has 0 unspecified atom stereocenters. The lowest BCUT2D eigenvalue weighted by Gasteiger charge is -2.28. The van der Waals surface area contributed by atoms with Crippen molar-refractivity contribution < 1.29 is 54.9 Å². The number of methoxy groups -OCH3 is 4. The number of fused-ring (bicyclic) bond motifs is 2. The molecule has 0 aliphatic carbocycles. The van der Waals surface area contributed by atoms with Crippen LogP contribution in [-0.4, -0.2) is 129 Å². The Morgan fingerprint density at radius 1 is 0.577 bits per heavy atom. The van der Waals surface area contributed by atoms with E-state index in [-0.39, 0.29) is 41.6 Å². The molecule has 78 heavy (non-hydrogen) atoms. The Morgan fingerprint density at radius 2 is 0.962 bits per heavy atom. The number of rotatable bonds is 16. The van der Waals surface area contributed by atoms with Gasteiger partial charge in [0.1, 0.15) is 46.8 Å². The van der Waals surface area contributed by atoms with Crippen LogP contribution in [-0.2, 0) is 0 Å². The van der Waals surface area contributed by atoms with Crippen molar-refractivity contribution in [2.45, 2.75) is 83.2 Å². The van der Waals surface area contributed by atoms with Crippen molar-refractivity contribution in [2.24, 2.45) is 0 Å². The van der Waals surface area contributed by atoms with Gasteiger partial charge in [-0.05, 0) is 94.3 Å². The molecule has 2 saturated heterocycles. The lowest BCUT2D eigenvalue weighted by molar-refractivity contribution is -0.134. The van der Waals surface area contributed by atoms with E-state index in [2.05, 4.69) is 54.5 Å². The minimum Gasteiger partial charge on any atom is -0.496 e. The van der Waals surface area contributed by atoms with Gasteiger partial charge in [-0.1, -0.05) is 19.6 Å². The van der Waals surface area contributed by atoms with Crippen LogP contribution in [0.2, 0.25) is 0 Å². The van der Waals surface area contributed by atoms with E-state index in [1.54, 1.807) is 36.9 Å². The maximum absolute atomic E-state index is 12.7. The van der Waals surface area contributed by atoms with Crippen molar-refractivity contribution in [3.05, 3.63) is 109 Å². The second kappa shape index (κ2) is 23.9. The van der Waals surface area contributed by atoms with E-state index in [1.165, 1.54) is 28.4 Å². The van der Waals surface area contributed by atoms with E-state index in [1.807, 2.05) is 62.6 Å². The number of nitrogens with one attached hydrogen (secondary N) is 1. The Bertz CT molecular complexity index is 3330. The van der Waals surface area contributed by atoms with Crippen molar-refractivity contribution in [1.82, 2.24) is 48.9 Å². The molecule has 0 saturated carbocycles. The number of halogens is 6. The van der Waals surface area contributed by atoms with Gasteiger partial charge < -0.3 is 29.2 Å². The average Bonchev–Trinajstić information content (AvgIpc) is 4.33. The molecule has 0 amide bonds. The molecule has 0 bridgehead atoms. The standard InChI is InChI=1S/C28H30F3N5O3.C27H28F3N5O3.CH4/c1-34-10-7-20(8-11-34)36-16-19(15-33-36)18-4-5-23-22(12-18)32-17-35(23)21-13-25(38-2)27(26(14-21)39-3)24(37)6-9-28(29,30)31;1-37-24-12-20(13-25(38-2)26(24)23(36)5-8-27(28,29)30)34-16-32-21-11-17(3-4-22(21)34)18-14-33-35(15-18)19-6-9-31-10-7-19;/h4-5,12-17,20H,6-11H2,1-3H3;3-4,11-16,19,31H,5-10H2,1-2H3;1H4. The molecule has 0 radical (unpaired) electrons. The third-order valence-corrected chi connectivity index (χ3v) is 14.1. The maximum atomic E-state index is 12.7. The highest BCUT2D eigenvalue weighted by Crippen LogP contribution is 2.39. The molecule has 414 valence electrons. The fourth-order valence-electron chi connectivity index (χ4n) is 9.88. The fraction of sp³-hybridized carbons (Fsp3) is 0.393. The van der Waals surface area contributed by atoms with Gasteiger partial charge in [0.2, 0.25) is 0 Å². The van der Waals surface area contributed by atoms with E-state index in [4.69, 9.17) is 18.9 Å². The number of Topliss-reactive ketones (excluding diaryl/α,β-unsaturated/α-hetero) is 2. The first-order valence-corrected chi connectivity index (χ1v) is 25.1. The van der Waals surface area contributed by atoms with Gasteiger partial charge in [0.15, 0.2) is 11.6 Å². The third kappa shape index (κ3) is 12.7. The van der Waals surface area contributed by atoms with Gasteiger partial charge in [-0.25, -0.2) is 9.97 Å². The van der Waals surface area contributed by atoms with Crippen LogP contribution in [0.4, 0.5) is 26.3 Å². The number of alkyl halides is 6. The van der Waals surface area contributed by atoms with Crippen molar-refractivity contribution in [2.75, 3.05) is 61.7 Å². The fourth-order valence-corrected chi connectivity index (χ4v) is 9.88. The summed E-state index contributed by atoms with van der Waals surface area (Å²) < 4.78 is 105. The number of hydrogen-bond donors (Lipinski definition) is 1. The lowest BCUT2D eigenvalue weighted by Crippen LogP contribution is -2.31. The van der Waals surface area contributed by atoms with Crippen LogP contribution < -0.4 is 24.3 Å². The first-order valence-electron chi connectivity index (χ1n) is 25.1. The highest BCUT2D eigenvalue weighted by atomic mass is 19.4. The van der Waals surface area contributed by atoms with Crippen LogP contribution in [0.3, 0.4) is 0 Å². The normalized spacial score (nSPS) is 14.7. The number of piperidine rings is 2. The van der Waals surface area contributed by atoms with Gasteiger partial charge in [0.05, 0.1) is 99.2 Å². The molecule has 8 aromatic rings. The summed E-state index contributed by atoms with van der Waals surface area (Å²) in [4.78, 5) is 36.8. The van der Waals surface area contributed by atoms with Crippen LogP contribution in [0, 0.1) is 0 Å². The molecule has 6 heterocycles. The SMILES string of the molecule is C.COc1cc(-n2cnc3cc(-c4cnn(C5CCN(C)CC5)c4)ccc32)cc(OC)c1C(=O)CCC(F)(F)F.COc1cc(-n2cnc3cc(-c4cnn(C5CCNCC5)c4)ccc32)cc(OC)c1C(=O)CCC(F)(F)F. The van der Waals surface area contributed by atoms with Gasteiger partial charge in [-0.15, -0.1) is 0 Å². The van der Waals surface area contributed by atoms with Gasteiger partial charge in [-0.2, -0.15) is 36.5 Å². The van der Waals surface area contributed by atoms with Crippen LogP contribution >= 0.6 is 0 Å². The molecule has 10 rings (SSSR count). The molecule has 0 atom stereocenters. The van der Waals surface area contributed by atoms with E-state index in [9.17, 15) is 35.9 Å². The summed E-state index contributed by atoms with van der Waals surface area (Å²) in [6.45, 7) is 4.09. The number of likely N-dealkylation sites (tertiary alicyclic amines) is 1. The quantitative estimate of drug-likeness (QED) is 0.0722. The number of carbonyl (C=O) groups is 2. The summed E-state index contributed by atoms with van der Waals surface area (Å²) in [5.74, 6) is -0.862. The molecule has 1 N–H and O–H groups in total. The predicted molar refractivity (Wildman–Crippen MR) is 284 cm³/mol. The second-order valence-corrected chi connectivity index (χ2v) is 19.1. The van der Waals surface area contributed by atoms with Gasteiger partial charge in [0.25, 0.3) is 0 Å². The molecule has 4 aromatic carbocycles. The minimum atomic E-state index is -4.43. The topological polar surface area (TPSA) is 158 Å². The van der Waals surface area contributed by atoms with Gasteiger partial charge in [0, 0.05) is 60.6 Å². The molecule has 22 heteroatoms. The van der Waals surface area contributed by atoms with Crippen LogP contribution in [0.15, 0.2) is 98.1 Å². The largest absolute Gasteiger partial charge is 0.496 e. The number of nitrogens with zero attached hydrogens (tertiary/aromatic N) is 9. The summed E-state index contributed by atoms with van der Waals surface area (Å²) in [5.41, 5.74) is 8.28. The van der Waals surface area contributed by atoms with Crippen LogP contribution in [0.5, 0.6) is 23.0 Å². The lowest BCUT2D eigenvalue weighted by atomic mass is 10.0. The number of imidazole rings is 2. The van der Waals surface area contributed by atoms with Crippen molar-refractivity contribution in [3.63, 3.8) is 0 Å². The minimum absolute atomic E-state index is 0. The number of hydrogen-bond acceptors (Lipinski definition) is 12. The number of ether oxygens (including phenoxy) is 4. The Kier molecular flexibility index (Phi) is 17.3. The molecule has 16 nitrogen and oxygen atoms in total. The first kappa shape index (κ1) is 56.5. The first-order chi connectivity index (χ1) is 36.9. The Balaban J connectivity index is 0.000000203. The Morgan fingerprint density at radius 3 is 1.33 bits per heavy atom. The Hall–Kier alpha value is -7.72. The summed E-state index contributed by atoms with van der Waals surface area (Å²) in [6, 6.07) is 19.1. The molecular formula is C56H62F6N10O6. The molecule has 4 aromatic heterocycles. The van der Waals surface area contributed by atoms with Crippen molar-refractivity contribution in [3.8, 4) is 56.6 Å². The highest BCUT2D eigenvalue weighted by Gasteiger charge is 2.32. The Labute approximate surface area is 446 Å². The summed E-state index contributed by atoms with van der Waals surface area (Å²) in [7, 11) is 7.59. The van der Waals surface area contributed by atoms with E-state index >= 15 is 0 Å².